The van der Waals surface area contributed by atoms with E-state index in [-0.39, 0.29) is 11.8 Å². The van der Waals surface area contributed by atoms with Gasteiger partial charge in [0.2, 0.25) is 5.91 Å². The molecule has 0 radical (unpaired) electrons. The van der Waals surface area contributed by atoms with Crippen LogP contribution in [0.25, 0.3) is 0 Å². The Labute approximate surface area is 71.0 Å². The lowest BCUT2D eigenvalue weighted by molar-refractivity contribution is -0.118. The molecule has 0 fully saturated rings. The predicted octanol–water partition coefficient (Wildman–Crippen LogP) is 1.07. The van der Waals surface area contributed by atoms with Crippen molar-refractivity contribution in [1.29, 1.82) is 0 Å². The first-order valence-electron chi connectivity index (χ1n) is 3.77. The summed E-state index contributed by atoms with van der Waals surface area (Å²) in [5, 5.41) is 2.63. The van der Waals surface area contributed by atoms with Crippen molar-refractivity contribution < 1.29 is 4.79 Å². The van der Waals surface area contributed by atoms with Gasteiger partial charge in [-0.25, -0.2) is 4.98 Å². The molecule has 1 aromatic heterocycles. The van der Waals surface area contributed by atoms with Crippen LogP contribution in [0.1, 0.15) is 13.8 Å². The lowest BCUT2D eigenvalue weighted by Gasteiger charge is -2.04. The minimum absolute atomic E-state index is 0.0352. The van der Waals surface area contributed by atoms with Gasteiger partial charge in [0, 0.05) is 18.3 Å². The van der Waals surface area contributed by atoms with Gasteiger partial charge in [0.25, 0.3) is 0 Å². The molecule has 0 unspecified atom stereocenters. The van der Waals surface area contributed by atoms with E-state index in [1.807, 2.05) is 13.8 Å². The summed E-state index contributed by atoms with van der Waals surface area (Å²) in [6.45, 7) is 3.65. The molecule has 0 saturated carbocycles. The standard InChI is InChI=1S/C8H11N3O/c1-6(2)8(12)11-7-5-9-3-4-10-7/h3-6H,1-2H3,(H,10,11,12). The van der Waals surface area contributed by atoms with Crippen LogP contribution in [0.15, 0.2) is 18.6 Å². The third-order valence-corrected chi connectivity index (χ3v) is 1.34. The van der Waals surface area contributed by atoms with Crippen LogP contribution in [-0.4, -0.2) is 15.9 Å². The topological polar surface area (TPSA) is 54.9 Å². The van der Waals surface area contributed by atoms with E-state index in [0.717, 1.165) is 0 Å². The third kappa shape index (κ3) is 2.30. The number of carbonyl (C=O) groups excluding carboxylic acids is 1. The maximum Gasteiger partial charge on any atom is 0.228 e. The minimum atomic E-state index is -0.0458. The first kappa shape index (κ1) is 8.64. The molecule has 1 heterocycles. The van der Waals surface area contributed by atoms with E-state index in [1.54, 1.807) is 6.20 Å². The number of carbonyl (C=O) groups is 1. The second kappa shape index (κ2) is 3.80. The van der Waals surface area contributed by atoms with Crippen molar-refractivity contribution in [2.75, 3.05) is 5.32 Å². The number of hydrogen-bond acceptors (Lipinski definition) is 3. The number of nitrogens with one attached hydrogen (secondary N) is 1. The zero-order valence-corrected chi connectivity index (χ0v) is 7.11. The number of nitrogens with zero attached hydrogens (tertiary/aromatic N) is 2. The summed E-state index contributed by atoms with van der Waals surface area (Å²) < 4.78 is 0. The molecule has 1 rings (SSSR count). The van der Waals surface area contributed by atoms with Gasteiger partial charge in [-0.2, -0.15) is 0 Å². The van der Waals surface area contributed by atoms with E-state index < -0.39 is 0 Å². The normalized spacial score (nSPS) is 9.92. The summed E-state index contributed by atoms with van der Waals surface area (Å²) in [5.74, 6) is 0.415. The van der Waals surface area contributed by atoms with Crippen LogP contribution in [0.4, 0.5) is 5.82 Å². The summed E-state index contributed by atoms with van der Waals surface area (Å²) in [4.78, 5) is 18.9. The van der Waals surface area contributed by atoms with Gasteiger partial charge in [0.05, 0.1) is 6.20 Å². The number of amides is 1. The average Bonchev–Trinajstić information content (AvgIpc) is 2.06. The Balaban J connectivity index is 2.59. The van der Waals surface area contributed by atoms with Crippen molar-refractivity contribution in [2.45, 2.75) is 13.8 Å². The Morgan fingerprint density at radius 1 is 1.50 bits per heavy atom. The zero-order valence-electron chi connectivity index (χ0n) is 7.11. The molecule has 0 saturated heterocycles. The number of anilines is 1. The first-order valence-corrected chi connectivity index (χ1v) is 3.77. The lowest BCUT2D eigenvalue weighted by Crippen LogP contribution is -2.18. The van der Waals surface area contributed by atoms with Gasteiger partial charge < -0.3 is 5.32 Å². The monoisotopic (exact) mass is 165 g/mol. The summed E-state index contributed by atoms with van der Waals surface area (Å²) in [6, 6.07) is 0. The fourth-order valence-corrected chi connectivity index (χ4v) is 0.634. The van der Waals surface area contributed by atoms with E-state index in [2.05, 4.69) is 15.3 Å². The maximum absolute atomic E-state index is 11.1. The van der Waals surface area contributed by atoms with Crippen LogP contribution in [0.3, 0.4) is 0 Å². The van der Waals surface area contributed by atoms with Crippen LogP contribution in [0.5, 0.6) is 0 Å². The Morgan fingerprint density at radius 3 is 2.75 bits per heavy atom. The molecule has 12 heavy (non-hydrogen) atoms. The molecule has 0 bridgehead atoms. The van der Waals surface area contributed by atoms with E-state index >= 15 is 0 Å². The Bertz CT molecular complexity index is 258. The van der Waals surface area contributed by atoms with Gasteiger partial charge in [-0.15, -0.1) is 0 Å². The van der Waals surface area contributed by atoms with Crippen molar-refractivity contribution in [2.24, 2.45) is 5.92 Å². The molecule has 0 spiro atoms. The van der Waals surface area contributed by atoms with Crippen molar-refractivity contribution in [1.82, 2.24) is 9.97 Å². The van der Waals surface area contributed by atoms with Crippen LogP contribution >= 0.6 is 0 Å². The van der Waals surface area contributed by atoms with Gasteiger partial charge in [-0.05, 0) is 0 Å². The maximum atomic E-state index is 11.1. The van der Waals surface area contributed by atoms with Crippen molar-refractivity contribution in [3.05, 3.63) is 18.6 Å². The van der Waals surface area contributed by atoms with Gasteiger partial charge in [-0.3, -0.25) is 9.78 Å². The third-order valence-electron chi connectivity index (χ3n) is 1.34. The van der Waals surface area contributed by atoms with Gasteiger partial charge in [0.15, 0.2) is 5.82 Å². The first-order chi connectivity index (χ1) is 5.70. The molecule has 0 aliphatic heterocycles. The lowest BCUT2D eigenvalue weighted by atomic mass is 10.2. The molecule has 1 amide bonds. The SMILES string of the molecule is CC(C)C(=O)Nc1cnccn1. The molecule has 0 aliphatic rings. The number of aromatic nitrogens is 2. The fraction of sp³-hybridized carbons (Fsp3) is 0.375. The highest BCUT2D eigenvalue weighted by Gasteiger charge is 2.06. The largest absolute Gasteiger partial charge is 0.309 e. The summed E-state index contributed by atoms with van der Waals surface area (Å²) in [5.41, 5.74) is 0. The fourth-order valence-electron chi connectivity index (χ4n) is 0.634. The Kier molecular flexibility index (Phi) is 2.74. The molecular formula is C8H11N3O. The van der Waals surface area contributed by atoms with Crippen LogP contribution in [0, 0.1) is 5.92 Å². The van der Waals surface area contributed by atoms with E-state index in [0.29, 0.717) is 5.82 Å². The van der Waals surface area contributed by atoms with Crippen molar-refractivity contribution >= 4 is 11.7 Å². The van der Waals surface area contributed by atoms with E-state index in [9.17, 15) is 4.79 Å². The molecule has 1 N–H and O–H groups in total. The second-order valence-corrected chi connectivity index (χ2v) is 2.73. The summed E-state index contributed by atoms with van der Waals surface area (Å²) in [7, 11) is 0. The van der Waals surface area contributed by atoms with E-state index in [1.165, 1.54) is 12.4 Å². The molecule has 0 atom stereocenters. The molecule has 1 aromatic rings. The second-order valence-electron chi connectivity index (χ2n) is 2.73. The van der Waals surface area contributed by atoms with Crippen LogP contribution < -0.4 is 5.32 Å². The smallest absolute Gasteiger partial charge is 0.228 e. The highest BCUT2D eigenvalue weighted by atomic mass is 16.1. The van der Waals surface area contributed by atoms with Gasteiger partial charge >= 0.3 is 0 Å². The number of rotatable bonds is 2. The van der Waals surface area contributed by atoms with Gasteiger partial charge in [0.1, 0.15) is 0 Å². The van der Waals surface area contributed by atoms with Crippen molar-refractivity contribution in [3.63, 3.8) is 0 Å². The number of hydrogen-bond donors (Lipinski definition) is 1. The molecule has 0 aliphatic carbocycles. The Morgan fingerprint density at radius 2 is 2.25 bits per heavy atom. The van der Waals surface area contributed by atoms with Crippen molar-refractivity contribution in [3.8, 4) is 0 Å². The summed E-state index contributed by atoms with van der Waals surface area (Å²) >= 11 is 0. The quantitative estimate of drug-likeness (QED) is 0.713. The van der Waals surface area contributed by atoms with Crippen LogP contribution in [-0.2, 0) is 4.79 Å². The Hall–Kier alpha value is -1.45. The minimum Gasteiger partial charge on any atom is -0.309 e. The predicted molar refractivity (Wildman–Crippen MR) is 45.5 cm³/mol. The highest BCUT2D eigenvalue weighted by molar-refractivity contribution is 5.90. The molecular weight excluding hydrogens is 154 g/mol. The highest BCUT2D eigenvalue weighted by Crippen LogP contribution is 2.00. The van der Waals surface area contributed by atoms with E-state index in [4.69, 9.17) is 0 Å². The summed E-state index contributed by atoms with van der Waals surface area (Å²) in [6.07, 6.45) is 4.61. The molecule has 4 heteroatoms. The van der Waals surface area contributed by atoms with Gasteiger partial charge in [-0.1, -0.05) is 13.8 Å². The average molecular weight is 165 g/mol. The molecule has 0 aromatic carbocycles. The molecule has 4 nitrogen and oxygen atoms in total. The molecule has 64 valence electrons. The van der Waals surface area contributed by atoms with Crippen LogP contribution in [0.2, 0.25) is 0 Å². The zero-order chi connectivity index (χ0) is 8.97.